The number of alkyl halides is 2. The molecule has 1 heterocycles. The van der Waals surface area contributed by atoms with Crippen molar-refractivity contribution in [3.05, 3.63) is 50.6 Å². The first-order chi connectivity index (χ1) is 8.58. The summed E-state index contributed by atoms with van der Waals surface area (Å²) in [4.78, 5) is 12.1. The van der Waals surface area contributed by atoms with Crippen LogP contribution in [0.1, 0.15) is 15.9 Å². The van der Waals surface area contributed by atoms with Gasteiger partial charge in [-0.1, -0.05) is 12.1 Å². The van der Waals surface area contributed by atoms with Gasteiger partial charge in [0.2, 0.25) is 0 Å². The molecule has 0 fully saturated rings. The van der Waals surface area contributed by atoms with Gasteiger partial charge in [-0.2, -0.15) is 20.1 Å². The average Bonchev–Trinajstić information content (AvgIpc) is 2.74. The highest BCUT2D eigenvalue weighted by Gasteiger charge is 2.14. The predicted octanol–water partition coefficient (Wildman–Crippen LogP) is 4.34. The van der Waals surface area contributed by atoms with E-state index in [0.717, 1.165) is 0 Å². The van der Waals surface area contributed by atoms with Crippen LogP contribution < -0.4 is 4.74 Å². The number of halogens is 3. The van der Waals surface area contributed by atoms with Crippen LogP contribution in [0.15, 0.2) is 39.5 Å². The lowest BCUT2D eigenvalue weighted by atomic mass is 10.1. The molecular formula is C12H7BrF2O2S. The van der Waals surface area contributed by atoms with Crippen LogP contribution in [0, 0.1) is 0 Å². The third-order valence-corrected chi connectivity index (χ3v) is 3.88. The van der Waals surface area contributed by atoms with E-state index < -0.39 is 6.61 Å². The Hall–Kier alpha value is -1.27. The van der Waals surface area contributed by atoms with E-state index in [-0.39, 0.29) is 11.5 Å². The Morgan fingerprint density at radius 3 is 2.72 bits per heavy atom. The van der Waals surface area contributed by atoms with E-state index in [9.17, 15) is 13.6 Å². The van der Waals surface area contributed by atoms with Gasteiger partial charge < -0.3 is 4.74 Å². The maximum Gasteiger partial charge on any atom is 0.387 e. The van der Waals surface area contributed by atoms with Crippen molar-refractivity contribution in [1.29, 1.82) is 0 Å². The second-order valence-electron chi connectivity index (χ2n) is 3.37. The number of carbonyl (C=O) groups excluding carboxylic acids is 1. The van der Waals surface area contributed by atoms with Gasteiger partial charge in [0.25, 0.3) is 0 Å². The van der Waals surface area contributed by atoms with Crippen molar-refractivity contribution >= 4 is 33.0 Å². The fraction of sp³-hybridized carbons (Fsp3) is 0.0833. The summed E-state index contributed by atoms with van der Waals surface area (Å²) in [6, 6.07) is 5.75. The lowest BCUT2D eigenvalue weighted by Crippen LogP contribution is -2.04. The standard InChI is InChI=1S/C12H7BrF2O2S/c13-10-6-18-5-9(10)11(16)7-2-1-3-8(4-7)17-12(14)15/h1-6,12H. The lowest BCUT2D eigenvalue weighted by molar-refractivity contribution is -0.0498. The zero-order valence-electron chi connectivity index (χ0n) is 8.90. The molecule has 1 aromatic heterocycles. The number of carbonyl (C=O) groups is 1. The van der Waals surface area contributed by atoms with Crippen LogP contribution in [0.4, 0.5) is 8.78 Å². The zero-order valence-corrected chi connectivity index (χ0v) is 11.3. The normalized spacial score (nSPS) is 10.7. The van der Waals surface area contributed by atoms with Crippen LogP contribution in [0.3, 0.4) is 0 Å². The molecule has 0 aliphatic carbocycles. The Morgan fingerprint density at radius 2 is 2.11 bits per heavy atom. The summed E-state index contributed by atoms with van der Waals surface area (Å²) in [5.41, 5.74) is 0.821. The molecule has 0 amide bonds. The number of thiophene rings is 1. The lowest BCUT2D eigenvalue weighted by Gasteiger charge is -2.06. The van der Waals surface area contributed by atoms with Crippen molar-refractivity contribution in [3.63, 3.8) is 0 Å². The number of rotatable bonds is 4. The van der Waals surface area contributed by atoms with Crippen molar-refractivity contribution in [2.45, 2.75) is 6.61 Å². The predicted molar refractivity (Wildman–Crippen MR) is 68.5 cm³/mol. The minimum atomic E-state index is -2.90. The zero-order chi connectivity index (χ0) is 13.1. The van der Waals surface area contributed by atoms with Gasteiger partial charge >= 0.3 is 6.61 Å². The first kappa shape index (κ1) is 13.2. The molecule has 0 radical (unpaired) electrons. The van der Waals surface area contributed by atoms with Gasteiger partial charge in [-0.05, 0) is 28.1 Å². The smallest absolute Gasteiger partial charge is 0.387 e. The molecule has 0 unspecified atom stereocenters. The van der Waals surface area contributed by atoms with Gasteiger partial charge in [0.05, 0.1) is 0 Å². The minimum Gasteiger partial charge on any atom is -0.435 e. The van der Waals surface area contributed by atoms with Gasteiger partial charge in [-0.15, -0.1) is 0 Å². The van der Waals surface area contributed by atoms with Crippen LogP contribution in [0.5, 0.6) is 5.75 Å². The van der Waals surface area contributed by atoms with E-state index in [1.54, 1.807) is 16.8 Å². The molecule has 0 saturated heterocycles. The number of hydrogen-bond acceptors (Lipinski definition) is 3. The fourth-order valence-electron chi connectivity index (χ4n) is 1.41. The van der Waals surface area contributed by atoms with E-state index in [1.807, 2.05) is 0 Å². The summed E-state index contributed by atoms with van der Waals surface area (Å²) < 4.78 is 29.1. The van der Waals surface area contributed by atoms with E-state index in [4.69, 9.17) is 0 Å². The largest absolute Gasteiger partial charge is 0.435 e. The molecule has 6 heteroatoms. The Balaban J connectivity index is 2.29. The Labute approximate surface area is 114 Å². The van der Waals surface area contributed by atoms with Gasteiger partial charge in [0, 0.05) is 26.4 Å². The molecule has 0 aliphatic rings. The van der Waals surface area contributed by atoms with Crippen LogP contribution >= 0.6 is 27.3 Å². The van der Waals surface area contributed by atoms with Crippen molar-refractivity contribution in [2.24, 2.45) is 0 Å². The number of benzene rings is 1. The second-order valence-corrected chi connectivity index (χ2v) is 4.97. The molecule has 2 aromatic rings. The highest BCUT2D eigenvalue weighted by atomic mass is 79.9. The van der Waals surface area contributed by atoms with Crippen molar-refractivity contribution < 1.29 is 18.3 Å². The number of ketones is 1. The maximum absolute atomic E-state index is 12.1. The molecule has 2 rings (SSSR count). The summed E-state index contributed by atoms with van der Waals surface area (Å²) in [6.45, 7) is -2.90. The van der Waals surface area contributed by atoms with Gasteiger partial charge in [-0.3, -0.25) is 4.79 Å². The van der Waals surface area contributed by atoms with Crippen LogP contribution in [0.25, 0.3) is 0 Å². The number of ether oxygens (including phenoxy) is 1. The third kappa shape index (κ3) is 2.94. The summed E-state index contributed by atoms with van der Waals surface area (Å²) in [7, 11) is 0. The molecule has 2 nitrogen and oxygen atoms in total. The molecule has 0 atom stereocenters. The summed E-state index contributed by atoms with van der Waals surface area (Å²) in [6.07, 6.45) is 0. The summed E-state index contributed by atoms with van der Waals surface area (Å²) >= 11 is 4.65. The molecule has 18 heavy (non-hydrogen) atoms. The fourth-order valence-corrected chi connectivity index (χ4v) is 2.87. The molecular weight excluding hydrogens is 326 g/mol. The van der Waals surface area contributed by atoms with Crippen molar-refractivity contribution in [2.75, 3.05) is 0 Å². The van der Waals surface area contributed by atoms with Crippen LogP contribution in [0.2, 0.25) is 0 Å². The number of hydrogen-bond donors (Lipinski definition) is 0. The highest BCUT2D eigenvalue weighted by Crippen LogP contribution is 2.25. The van der Waals surface area contributed by atoms with E-state index >= 15 is 0 Å². The Morgan fingerprint density at radius 1 is 1.33 bits per heavy atom. The third-order valence-electron chi connectivity index (χ3n) is 2.18. The maximum atomic E-state index is 12.1. The highest BCUT2D eigenvalue weighted by molar-refractivity contribution is 9.10. The van der Waals surface area contributed by atoms with Crippen molar-refractivity contribution in [1.82, 2.24) is 0 Å². The first-order valence-electron chi connectivity index (χ1n) is 4.89. The molecule has 0 N–H and O–H groups in total. The summed E-state index contributed by atoms with van der Waals surface area (Å²) in [5, 5.41) is 3.49. The first-order valence-corrected chi connectivity index (χ1v) is 6.63. The van der Waals surface area contributed by atoms with Gasteiger partial charge in [-0.25, -0.2) is 0 Å². The van der Waals surface area contributed by atoms with E-state index in [0.29, 0.717) is 15.6 Å². The second kappa shape index (κ2) is 5.58. The molecule has 94 valence electrons. The molecule has 1 aromatic carbocycles. The minimum absolute atomic E-state index is 0.0257. The molecule has 0 spiro atoms. The van der Waals surface area contributed by atoms with Gasteiger partial charge in [0.15, 0.2) is 5.78 Å². The quantitative estimate of drug-likeness (QED) is 0.778. The molecule has 0 saturated carbocycles. The van der Waals surface area contributed by atoms with Crippen LogP contribution in [-0.2, 0) is 0 Å². The van der Waals surface area contributed by atoms with Crippen molar-refractivity contribution in [3.8, 4) is 5.75 Å². The SMILES string of the molecule is O=C(c1cccc(OC(F)F)c1)c1cscc1Br. The van der Waals surface area contributed by atoms with Crippen LogP contribution in [-0.4, -0.2) is 12.4 Å². The molecule has 0 aliphatic heterocycles. The van der Waals surface area contributed by atoms with E-state index in [1.165, 1.54) is 29.5 Å². The Bertz CT molecular complexity index is 569. The summed E-state index contributed by atoms with van der Waals surface area (Å²) in [5.74, 6) is -0.259. The topological polar surface area (TPSA) is 26.3 Å². The molecule has 0 bridgehead atoms. The monoisotopic (exact) mass is 332 g/mol. The Kier molecular flexibility index (Phi) is 4.08. The average molecular weight is 333 g/mol. The van der Waals surface area contributed by atoms with Gasteiger partial charge in [0.1, 0.15) is 5.75 Å². The van der Waals surface area contributed by atoms with E-state index in [2.05, 4.69) is 20.7 Å².